The van der Waals surface area contributed by atoms with E-state index < -0.39 is 11.9 Å². The molecule has 0 heterocycles. The lowest BCUT2D eigenvalue weighted by Crippen LogP contribution is -2.49. The average Bonchev–Trinajstić information content (AvgIpc) is 2.83. The summed E-state index contributed by atoms with van der Waals surface area (Å²) < 4.78 is 25.6. The summed E-state index contributed by atoms with van der Waals surface area (Å²) in [5.41, 5.74) is 1.29. The van der Waals surface area contributed by atoms with Crippen LogP contribution in [0.5, 0.6) is 11.5 Å². The Balaban J connectivity index is 2.19. The molecule has 0 aliphatic rings. The molecule has 0 saturated heterocycles. The Hall–Kier alpha value is -3.09. The van der Waals surface area contributed by atoms with Crippen molar-refractivity contribution in [1.82, 2.24) is 10.2 Å². The highest BCUT2D eigenvalue weighted by molar-refractivity contribution is 5.87. The molecule has 0 bridgehead atoms. The number of benzene rings is 2. The lowest BCUT2D eigenvalue weighted by atomic mass is 10.1. The van der Waals surface area contributed by atoms with E-state index in [2.05, 4.69) is 5.32 Å². The molecule has 6 nitrogen and oxygen atoms in total. The second kappa shape index (κ2) is 13.6. The molecule has 2 atom stereocenters. The number of amides is 2. The monoisotopic (exact) mass is 472 g/mol. The highest BCUT2D eigenvalue weighted by Gasteiger charge is 2.27. The molecular weight excluding hydrogens is 435 g/mol. The predicted octanol–water partition coefficient (Wildman–Crippen LogP) is 4.89. The van der Waals surface area contributed by atoms with Crippen molar-refractivity contribution in [2.45, 2.75) is 72.5 Å². The van der Waals surface area contributed by atoms with Crippen LogP contribution in [0.1, 0.15) is 58.6 Å². The largest absolute Gasteiger partial charge is 0.490 e. The van der Waals surface area contributed by atoms with Gasteiger partial charge in [0, 0.05) is 24.6 Å². The van der Waals surface area contributed by atoms with Crippen molar-refractivity contribution in [1.29, 1.82) is 0 Å². The molecule has 0 unspecified atom stereocenters. The summed E-state index contributed by atoms with van der Waals surface area (Å²) in [6, 6.07) is 11.2. The molecule has 2 rings (SSSR count). The van der Waals surface area contributed by atoms with E-state index in [4.69, 9.17) is 9.47 Å². The number of nitrogens with one attached hydrogen (secondary N) is 1. The molecule has 186 valence electrons. The fraction of sp³-hybridized carbons (Fsp3) is 0.481. The number of hydrogen-bond acceptors (Lipinski definition) is 4. The molecule has 2 aromatic rings. The van der Waals surface area contributed by atoms with Gasteiger partial charge in [0.25, 0.3) is 0 Å². The van der Waals surface area contributed by atoms with Gasteiger partial charge in [0.05, 0.1) is 13.2 Å². The van der Waals surface area contributed by atoms with Gasteiger partial charge in [-0.1, -0.05) is 31.2 Å². The van der Waals surface area contributed by atoms with E-state index in [-0.39, 0.29) is 30.8 Å². The topological polar surface area (TPSA) is 67.9 Å². The van der Waals surface area contributed by atoms with Gasteiger partial charge in [0.1, 0.15) is 11.9 Å². The predicted molar refractivity (Wildman–Crippen MR) is 131 cm³/mol. The minimum absolute atomic E-state index is 0.0128. The quantitative estimate of drug-likeness (QED) is 0.451. The van der Waals surface area contributed by atoms with Gasteiger partial charge >= 0.3 is 0 Å². The van der Waals surface area contributed by atoms with Crippen LogP contribution in [-0.2, 0) is 22.6 Å². The standard InChI is InChI=1S/C27H37FN2O4/c1-6-19(4)29-27(32)20(5)30(18-22-11-9-10-12-23(22)28)26(31)16-14-21-13-15-24(33-7-2)25(17-21)34-8-3/h9-13,15,17,19-20H,6-8,14,16,18H2,1-5H3,(H,29,32)/t19-,20-/m0/s1. The zero-order chi connectivity index (χ0) is 25.1. The SMILES string of the molecule is CCOc1ccc(CCC(=O)N(Cc2ccccc2F)[C@@H](C)C(=O)N[C@@H](C)CC)cc1OCC. The van der Waals surface area contributed by atoms with Crippen LogP contribution in [0.25, 0.3) is 0 Å². The van der Waals surface area contributed by atoms with E-state index in [9.17, 15) is 14.0 Å². The Morgan fingerprint density at radius 3 is 2.32 bits per heavy atom. The van der Waals surface area contributed by atoms with E-state index in [1.54, 1.807) is 25.1 Å². The Morgan fingerprint density at radius 1 is 1.00 bits per heavy atom. The number of carbonyl (C=O) groups excluding carboxylic acids is 2. The van der Waals surface area contributed by atoms with Crippen LogP contribution in [0.15, 0.2) is 42.5 Å². The lowest BCUT2D eigenvalue weighted by molar-refractivity contribution is -0.140. The molecule has 34 heavy (non-hydrogen) atoms. The first-order valence-electron chi connectivity index (χ1n) is 12.0. The maximum absolute atomic E-state index is 14.3. The Labute approximate surface area is 202 Å². The van der Waals surface area contributed by atoms with Gasteiger partial charge < -0.3 is 19.7 Å². The van der Waals surface area contributed by atoms with Crippen molar-refractivity contribution < 1.29 is 23.5 Å². The van der Waals surface area contributed by atoms with Crippen LogP contribution < -0.4 is 14.8 Å². The summed E-state index contributed by atoms with van der Waals surface area (Å²) in [4.78, 5) is 27.5. The van der Waals surface area contributed by atoms with Crippen molar-refractivity contribution in [3.63, 3.8) is 0 Å². The Morgan fingerprint density at radius 2 is 1.68 bits per heavy atom. The number of halogens is 1. The molecule has 0 aromatic heterocycles. The fourth-order valence-corrected chi connectivity index (χ4v) is 3.50. The van der Waals surface area contributed by atoms with E-state index in [1.807, 2.05) is 45.9 Å². The van der Waals surface area contributed by atoms with Crippen molar-refractivity contribution >= 4 is 11.8 Å². The van der Waals surface area contributed by atoms with Gasteiger partial charge in [-0.05, 0) is 64.3 Å². The van der Waals surface area contributed by atoms with Crippen LogP contribution >= 0.6 is 0 Å². The highest BCUT2D eigenvalue weighted by atomic mass is 19.1. The molecule has 2 amide bonds. The zero-order valence-corrected chi connectivity index (χ0v) is 20.9. The summed E-state index contributed by atoms with van der Waals surface area (Å²) >= 11 is 0. The first-order chi connectivity index (χ1) is 16.3. The molecular formula is C27H37FN2O4. The van der Waals surface area contributed by atoms with E-state index in [0.29, 0.717) is 36.7 Å². The van der Waals surface area contributed by atoms with Crippen molar-refractivity contribution in [2.75, 3.05) is 13.2 Å². The smallest absolute Gasteiger partial charge is 0.242 e. The van der Waals surface area contributed by atoms with Gasteiger partial charge in [-0.25, -0.2) is 4.39 Å². The van der Waals surface area contributed by atoms with E-state index >= 15 is 0 Å². The minimum Gasteiger partial charge on any atom is -0.490 e. The summed E-state index contributed by atoms with van der Waals surface area (Å²) in [6.07, 6.45) is 1.41. The Bertz CT molecular complexity index is 950. The van der Waals surface area contributed by atoms with Crippen LogP contribution in [-0.4, -0.2) is 42.0 Å². The van der Waals surface area contributed by atoms with E-state index in [1.165, 1.54) is 11.0 Å². The summed E-state index contributed by atoms with van der Waals surface area (Å²) in [7, 11) is 0. The molecule has 2 aromatic carbocycles. The van der Waals surface area contributed by atoms with Crippen LogP contribution in [0, 0.1) is 5.82 Å². The van der Waals surface area contributed by atoms with Gasteiger partial charge in [0.2, 0.25) is 11.8 Å². The third kappa shape index (κ3) is 7.75. The van der Waals surface area contributed by atoms with Gasteiger partial charge in [-0.3, -0.25) is 9.59 Å². The minimum atomic E-state index is -0.736. The Kier molecular flexibility index (Phi) is 10.8. The number of rotatable bonds is 13. The fourth-order valence-electron chi connectivity index (χ4n) is 3.50. The van der Waals surface area contributed by atoms with Crippen molar-refractivity contribution in [3.8, 4) is 11.5 Å². The highest BCUT2D eigenvalue weighted by Crippen LogP contribution is 2.29. The van der Waals surface area contributed by atoms with Crippen LogP contribution in [0.2, 0.25) is 0 Å². The zero-order valence-electron chi connectivity index (χ0n) is 20.9. The maximum Gasteiger partial charge on any atom is 0.242 e. The molecule has 0 radical (unpaired) electrons. The first kappa shape index (κ1) is 27.2. The second-order valence-electron chi connectivity index (χ2n) is 8.25. The van der Waals surface area contributed by atoms with Gasteiger partial charge in [0.15, 0.2) is 11.5 Å². The normalized spacial score (nSPS) is 12.5. The third-order valence-corrected chi connectivity index (χ3v) is 5.70. The molecule has 7 heteroatoms. The lowest BCUT2D eigenvalue weighted by Gasteiger charge is -2.30. The first-order valence-corrected chi connectivity index (χ1v) is 12.0. The van der Waals surface area contributed by atoms with Crippen LogP contribution in [0.4, 0.5) is 4.39 Å². The van der Waals surface area contributed by atoms with Crippen molar-refractivity contribution in [3.05, 3.63) is 59.4 Å². The molecule has 0 saturated carbocycles. The molecule has 0 fully saturated rings. The van der Waals surface area contributed by atoms with Crippen LogP contribution in [0.3, 0.4) is 0 Å². The average molecular weight is 473 g/mol. The van der Waals surface area contributed by atoms with E-state index in [0.717, 1.165) is 12.0 Å². The molecule has 0 aliphatic carbocycles. The summed E-state index contributed by atoms with van der Waals surface area (Å²) in [5, 5.41) is 2.92. The maximum atomic E-state index is 14.3. The molecule has 0 aliphatic heterocycles. The van der Waals surface area contributed by atoms with Gasteiger partial charge in [-0.2, -0.15) is 0 Å². The summed E-state index contributed by atoms with van der Waals surface area (Å²) in [5.74, 6) is 0.429. The number of hydrogen-bond donors (Lipinski definition) is 1. The summed E-state index contributed by atoms with van der Waals surface area (Å²) in [6.45, 7) is 10.4. The second-order valence-corrected chi connectivity index (χ2v) is 8.25. The number of nitrogens with zero attached hydrogens (tertiary/aromatic N) is 1. The number of carbonyl (C=O) groups is 2. The van der Waals surface area contributed by atoms with Gasteiger partial charge in [-0.15, -0.1) is 0 Å². The molecule has 1 N–H and O–H groups in total. The molecule has 0 spiro atoms. The van der Waals surface area contributed by atoms with Crippen molar-refractivity contribution in [2.24, 2.45) is 0 Å². The number of aryl methyl sites for hydroxylation is 1. The number of ether oxygens (including phenoxy) is 2. The third-order valence-electron chi connectivity index (χ3n) is 5.70.